The Balaban J connectivity index is 1.95. The predicted molar refractivity (Wildman–Crippen MR) is 105 cm³/mol. The van der Waals surface area contributed by atoms with E-state index in [1.807, 2.05) is 0 Å². The monoisotopic (exact) mass is 476 g/mol. The summed E-state index contributed by atoms with van der Waals surface area (Å²) in [7, 11) is 1.03. The average Bonchev–Trinajstić information content (AvgIpc) is 3.14. The Hall–Kier alpha value is -2.83. The molecule has 4 atom stereocenters. The first-order valence-electron chi connectivity index (χ1n) is 9.74. The number of nitrogens with zero attached hydrogens (tertiary/aromatic N) is 1. The molecule has 0 unspecified atom stereocenters. The molecule has 0 bridgehead atoms. The first kappa shape index (κ1) is 24.8. The molecule has 12 heteroatoms. The van der Waals surface area contributed by atoms with Gasteiger partial charge in [-0.25, -0.2) is 4.39 Å². The number of pyridine rings is 1. The molecule has 1 saturated heterocycles. The summed E-state index contributed by atoms with van der Waals surface area (Å²) in [6.07, 6.45) is -7.42. The Morgan fingerprint density at radius 2 is 2.03 bits per heavy atom. The Kier molecular flexibility index (Phi) is 6.91. The Morgan fingerprint density at radius 3 is 2.58 bits per heavy atom. The van der Waals surface area contributed by atoms with Crippen molar-refractivity contribution in [3.8, 4) is 5.75 Å². The second-order valence-electron chi connectivity index (χ2n) is 7.72. The van der Waals surface area contributed by atoms with Crippen molar-refractivity contribution in [1.82, 2.24) is 4.98 Å². The lowest BCUT2D eigenvalue weighted by Crippen LogP contribution is -2.43. The van der Waals surface area contributed by atoms with E-state index in [1.165, 1.54) is 12.1 Å². The smallest absolute Gasteiger partial charge is 0.417 e. The van der Waals surface area contributed by atoms with Crippen molar-refractivity contribution in [2.75, 3.05) is 19.0 Å². The van der Waals surface area contributed by atoms with E-state index in [1.54, 1.807) is 0 Å². The number of aliphatic hydroxyl groups excluding tert-OH is 2. The number of carbonyl (C=O) groups excluding carboxylic acids is 1. The number of halogens is 5. The van der Waals surface area contributed by atoms with E-state index in [4.69, 9.17) is 14.6 Å². The van der Waals surface area contributed by atoms with Crippen molar-refractivity contribution >= 4 is 11.6 Å². The van der Waals surface area contributed by atoms with Gasteiger partial charge in [-0.05, 0) is 31.5 Å². The number of benzene rings is 1. The van der Waals surface area contributed by atoms with Crippen LogP contribution in [0, 0.1) is 11.6 Å². The summed E-state index contributed by atoms with van der Waals surface area (Å²) in [4.78, 5) is 16.8. The highest BCUT2D eigenvalue weighted by molar-refractivity contribution is 5.95. The SMILES string of the molecule is COc1c([C@@H]2C[C@](C)(C(F)(F)F)O[C@H]2C(=O)Nc2ccc([C@@H](O)CO)nc2)ccc(F)c1F. The highest BCUT2D eigenvalue weighted by Gasteiger charge is 2.61. The molecular formula is C21H21F5N2O5. The topological polar surface area (TPSA) is 101 Å². The van der Waals surface area contributed by atoms with E-state index in [-0.39, 0.29) is 16.9 Å². The number of ether oxygens (including phenoxy) is 2. The van der Waals surface area contributed by atoms with Gasteiger partial charge >= 0.3 is 6.18 Å². The molecule has 1 aliphatic heterocycles. The van der Waals surface area contributed by atoms with Gasteiger partial charge in [-0.1, -0.05) is 6.07 Å². The molecule has 2 aromatic rings. The van der Waals surface area contributed by atoms with Gasteiger partial charge in [0, 0.05) is 11.5 Å². The van der Waals surface area contributed by atoms with Gasteiger partial charge in [0.15, 0.2) is 17.2 Å². The molecule has 1 aromatic carbocycles. The summed E-state index contributed by atoms with van der Waals surface area (Å²) in [5, 5.41) is 20.9. The van der Waals surface area contributed by atoms with Gasteiger partial charge in [0.05, 0.1) is 31.3 Å². The van der Waals surface area contributed by atoms with Crippen LogP contribution < -0.4 is 10.1 Å². The van der Waals surface area contributed by atoms with E-state index in [0.717, 1.165) is 32.4 Å². The maximum atomic E-state index is 14.2. The number of rotatable bonds is 6. The molecule has 0 saturated carbocycles. The largest absolute Gasteiger partial charge is 0.493 e. The van der Waals surface area contributed by atoms with Crippen molar-refractivity contribution in [3.05, 3.63) is 53.4 Å². The van der Waals surface area contributed by atoms with Gasteiger partial charge in [-0.2, -0.15) is 17.6 Å². The van der Waals surface area contributed by atoms with Gasteiger partial charge in [0.25, 0.3) is 5.91 Å². The van der Waals surface area contributed by atoms with Crippen LogP contribution in [-0.4, -0.2) is 52.7 Å². The summed E-state index contributed by atoms with van der Waals surface area (Å²) in [6, 6.07) is 4.42. The molecule has 1 amide bonds. The second-order valence-corrected chi connectivity index (χ2v) is 7.72. The molecule has 1 fully saturated rings. The zero-order valence-electron chi connectivity index (χ0n) is 17.5. The number of hydrogen-bond donors (Lipinski definition) is 3. The third-order valence-corrected chi connectivity index (χ3v) is 5.47. The normalized spacial score (nSPS) is 23.9. The minimum absolute atomic E-state index is 0.0779. The molecule has 33 heavy (non-hydrogen) atoms. The minimum atomic E-state index is -4.85. The van der Waals surface area contributed by atoms with Crippen molar-refractivity contribution in [2.45, 2.75) is 43.2 Å². The molecule has 0 aliphatic carbocycles. The summed E-state index contributed by atoms with van der Waals surface area (Å²) < 4.78 is 79.0. The van der Waals surface area contributed by atoms with Crippen LogP contribution in [0.2, 0.25) is 0 Å². The van der Waals surface area contributed by atoms with Crippen LogP contribution in [-0.2, 0) is 9.53 Å². The standard InChI is InChI=1S/C21H21F5N2O5/c1-20(21(24,25)26)7-12(11-4-5-13(22)16(23)17(11)32-2)18(33-20)19(31)28-10-3-6-14(27-8-10)15(30)9-29/h3-6,8,12,15,18,29-30H,7,9H2,1-2H3,(H,28,31)/t12-,15-,18+,20+/m0/s1. The van der Waals surface area contributed by atoms with E-state index in [0.29, 0.717) is 0 Å². The van der Waals surface area contributed by atoms with Crippen LogP contribution in [0.5, 0.6) is 5.75 Å². The molecule has 1 aromatic heterocycles. The highest BCUT2D eigenvalue weighted by Crippen LogP contribution is 2.51. The van der Waals surface area contributed by atoms with Gasteiger partial charge in [0.2, 0.25) is 5.82 Å². The molecular weight excluding hydrogens is 455 g/mol. The molecule has 3 N–H and O–H groups in total. The van der Waals surface area contributed by atoms with Crippen molar-refractivity contribution in [3.63, 3.8) is 0 Å². The third-order valence-electron chi connectivity index (χ3n) is 5.47. The minimum Gasteiger partial charge on any atom is -0.493 e. The summed E-state index contributed by atoms with van der Waals surface area (Å²) >= 11 is 0. The maximum absolute atomic E-state index is 14.2. The fourth-order valence-electron chi connectivity index (χ4n) is 3.66. The van der Waals surface area contributed by atoms with Crippen LogP contribution in [0.4, 0.5) is 27.6 Å². The van der Waals surface area contributed by atoms with Crippen molar-refractivity contribution in [1.29, 1.82) is 0 Å². The number of aromatic nitrogens is 1. The van der Waals surface area contributed by atoms with Crippen molar-refractivity contribution < 1.29 is 46.4 Å². The number of nitrogens with one attached hydrogen (secondary N) is 1. The lowest BCUT2D eigenvalue weighted by Gasteiger charge is -2.27. The number of anilines is 1. The number of aliphatic hydroxyl groups is 2. The zero-order valence-corrected chi connectivity index (χ0v) is 17.5. The zero-order chi connectivity index (χ0) is 24.6. The van der Waals surface area contributed by atoms with E-state index < -0.39 is 66.2 Å². The Bertz CT molecular complexity index is 1020. The summed E-state index contributed by atoms with van der Waals surface area (Å²) in [6.45, 7) is 0.189. The van der Waals surface area contributed by atoms with Crippen LogP contribution >= 0.6 is 0 Å². The van der Waals surface area contributed by atoms with Crippen LogP contribution in [0.3, 0.4) is 0 Å². The third kappa shape index (κ3) is 4.77. The molecule has 180 valence electrons. The molecule has 7 nitrogen and oxygen atoms in total. The molecule has 1 aliphatic rings. The fourth-order valence-corrected chi connectivity index (χ4v) is 3.66. The number of hydrogen-bond acceptors (Lipinski definition) is 6. The maximum Gasteiger partial charge on any atom is 0.417 e. The fraction of sp³-hybridized carbons (Fsp3) is 0.429. The van der Waals surface area contributed by atoms with Crippen LogP contribution in [0.15, 0.2) is 30.5 Å². The molecule has 0 radical (unpaired) electrons. The lowest BCUT2D eigenvalue weighted by atomic mass is 9.85. The highest BCUT2D eigenvalue weighted by atomic mass is 19.4. The summed E-state index contributed by atoms with van der Waals surface area (Å²) in [5.74, 6) is -5.55. The van der Waals surface area contributed by atoms with Gasteiger partial charge in [-0.3, -0.25) is 9.78 Å². The number of alkyl halides is 3. The van der Waals surface area contributed by atoms with E-state index in [9.17, 15) is 31.9 Å². The summed E-state index contributed by atoms with van der Waals surface area (Å²) in [5.41, 5.74) is -2.69. The Morgan fingerprint density at radius 1 is 1.33 bits per heavy atom. The van der Waals surface area contributed by atoms with E-state index in [2.05, 4.69) is 10.3 Å². The first-order chi connectivity index (χ1) is 15.4. The van der Waals surface area contributed by atoms with Crippen LogP contribution in [0.25, 0.3) is 0 Å². The quantitative estimate of drug-likeness (QED) is 0.554. The molecule has 2 heterocycles. The Labute approximate surface area is 185 Å². The number of carbonyl (C=O) groups is 1. The second kappa shape index (κ2) is 9.20. The van der Waals surface area contributed by atoms with Crippen LogP contribution in [0.1, 0.15) is 36.6 Å². The predicted octanol–water partition coefficient (Wildman–Crippen LogP) is 3.23. The number of methoxy groups -OCH3 is 1. The van der Waals surface area contributed by atoms with Crippen molar-refractivity contribution in [2.24, 2.45) is 0 Å². The van der Waals surface area contributed by atoms with E-state index >= 15 is 0 Å². The molecule has 3 rings (SSSR count). The lowest BCUT2D eigenvalue weighted by molar-refractivity contribution is -0.261. The molecule has 0 spiro atoms. The number of amides is 1. The first-order valence-corrected chi connectivity index (χ1v) is 9.74. The van der Waals surface area contributed by atoms with Gasteiger partial charge in [-0.15, -0.1) is 0 Å². The van der Waals surface area contributed by atoms with Gasteiger partial charge < -0.3 is 25.0 Å². The van der Waals surface area contributed by atoms with Gasteiger partial charge in [0.1, 0.15) is 12.2 Å². The average molecular weight is 476 g/mol.